The highest BCUT2D eigenvalue weighted by atomic mass is 32.2. The molecule has 1 saturated carbocycles. The molecule has 2 heterocycles. The van der Waals surface area contributed by atoms with Crippen LogP contribution in [0.4, 0.5) is 0 Å². The van der Waals surface area contributed by atoms with E-state index in [9.17, 15) is 23.4 Å². The van der Waals surface area contributed by atoms with Crippen molar-refractivity contribution in [3.63, 3.8) is 0 Å². The van der Waals surface area contributed by atoms with Gasteiger partial charge in [0.15, 0.2) is 9.84 Å². The van der Waals surface area contributed by atoms with Gasteiger partial charge in [0.25, 0.3) is 5.56 Å². The number of aromatic nitrogens is 1. The summed E-state index contributed by atoms with van der Waals surface area (Å²) in [4.78, 5) is 17.6. The van der Waals surface area contributed by atoms with E-state index in [1.165, 1.54) is 18.9 Å². The Morgan fingerprint density at radius 3 is 2.69 bits per heavy atom. The molecule has 1 aromatic carbocycles. The fourth-order valence-electron chi connectivity index (χ4n) is 6.64. The molecule has 0 amide bonds. The lowest BCUT2D eigenvalue weighted by Gasteiger charge is -2.63. The first-order chi connectivity index (χ1) is 15.1. The van der Waals surface area contributed by atoms with Gasteiger partial charge in [-0.3, -0.25) is 9.69 Å². The van der Waals surface area contributed by atoms with E-state index in [1.54, 1.807) is 12.1 Å². The van der Waals surface area contributed by atoms with Crippen LogP contribution in [-0.4, -0.2) is 59.5 Å². The lowest BCUT2D eigenvalue weighted by molar-refractivity contribution is -0.152. The number of aromatic hydroxyl groups is 1. The third-order valence-electron chi connectivity index (χ3n) is 8.38. The maximum Gasteiger partial charge on any atom is 0.266 e. The van der Waals surface area contributed by atoms with E-state index in [2.05, 4.69) is 9.88 Å². The number of hydrogen-bond donors (Lipinski definition) is 3. The fraction of sp³-hybridized carbons (Fsp3) is 0.542. The van der Waals surface area contributed by atoms with Gasteiger partial charge in [-0.05, 0) is 73.0 Å². The number of sulfone groups is 1. The van der Waals surface area contributed by atoms with E-state index in [1.807, 2.05) is 6.07 Å². The smallest absolute Gasteiger partial charge is 0.266 e. The summed E-state index contributed by atoms with van der Waals surface area (Å²) >= 11 is 0. The number of phenolic OH excluding ortho intramolecular Hbond substituents is 1. The number of rotatable bonds is 3. The van der Waals surface area contributed by atoms with Crippen LogP contribution in [0.15, 0.2) is 34.0 Å². The van der Waals surface area contributed by atoms with Gasteiger partial charge in [0, 0.05) is 42.8 Å². The third kappa shape index (κ3) is 2.79. The minimum Gasteiger partial charge on any atom is -0.508 e. The van der Waals surface area contributed by atoms with Crippen LogP contribution in [-0.2, 0) is 34.5 Å². The van der Waals surface area contributed by atoms with Crippen LogP contribution in [0.5, 0.6) is 5.75 Å². The van der Waals surface area contributed by atoms with Crippen LogP contribution < -0.4 is 5.56 Å². The van der Waals surface area contributed by atoms with E-state index in [0.29, 0.717) is 30.0 Å². The molecule has 8 heteroatoms. The molecule has 0 spiro atoms. The van der Waals surface area contributed by atoms with Gasteiger partial charge < -0.3 is 15.2 Å². The summed E-state index contributed by atoms with van der Waals surface area (Å²) < 4.78 is 24.3. The van der Waals surface area contributed by atoms with Crippen molar-refractivity contribution in [2.75, 3.05) is 19.3 Å². The number of aromatic amines is 1. The number of benzene rings is 1. The summed E-state index contributed by atoms with van der Waals surface area (Å²) in [6.07, 6.45) is 5.62. The zero-order chi connectivity index (χ0) is 22.5. The molecule has 170 valence electrons. The molecule has 3 atom stereocenters. The second-order valence-electron chi connectivity index (χ2n) is 10.3. The summed E-state index contributed by atoms with van der Waals surface area (Å²) in [6, 6.07) is 6.83. The normalized spacial score (nSPS) is 31.5. The second kappa shape index (κ2) is 6.46. The molecule has 3 N–H and O–H groups in total. The summed E-state index contributed by atoms with van der Waals surface area (Å²) in [6.45, 7) is 1.84. The van der Waals surface area contributed by atoms with Gasteiger partial charge in [-0.25, -0.2) is 8.42 Å². The molecular formula is C24H28N2O5S. The third-order valence-corrected chi connectivity index (χ3v) is 9.48. The molecule has 2 fully saturated rings. The highest BCUT2D eigenvalue weighted by Crippen LogP contribution is 2.57. The van der Waals surface area contributed by atoms with Crippen molar-refractivity contribution < 1.29 is 18.6 Å². The number of likely N-dealkylation sites (tertiary alicyclic amines) is 1. The molecule has 1 saturated heterocycles. The Morgan fingerprint density at radius 1 is 1.19 bits per heavy atom. The molecule has 1 aromatic heterocycles. The van der Waals surface area contributed by atoms with Crippen molar-refractivity contribution >= 4 is 9.84 Å². The average Bonchev–Trinajstić information content (AvgIpc) is 3.52. The van der Waals surface area contributed by atoms with Crippen LogP contribution in [0.2, 0.25) is 0 Å². The first kappa shape index (κ1) is 20.4. The van der Waals surface area contributed by atoms with E-state index in [0.717, 1.165) is 36.9 Å². The number of nitrogens with one attached hydrogen (secondary N) is 1. The van der Waals surface area contributed by atoms with Crippen molar-refractivity contribution in [3.05, 3.63) is 57.0 Å². The van der Waals surface area contributed by atoms with Gasteiger partial charge in [0.05, 0.1) is 5.60 Å². The molecule has 1 unspecified atom stereocenters. The van der Waals surface area contributed by atoms with E-state index >= 15 is 0 Å². The Labute approximate surface area is 187 Å². The topological polar surface area (TPSA) is 111 Å². The van der Waals surface area contributed by atoms with Gasteiger partial charge in [-0.15, -0.1) is 0 Å². The zero-order valence-corrected chi connectivity index (χ0v) is 18.9. The molecule has 32 heavy (non-hydrogen) atoms. The van der Waals surface area contributed by atoms with Crippen LogP contribution in [0.3, 0.4) is 0 Å². The largest absolute Gasteiger partial charge is 0.508 e. The van der Waals surface area contributed by atoms with E-state index in [-0.39, 0.29) is 23.1 Å². The summed E-state index contributed by atoms with van der Waals surface area (Å²) in [5.74, 6) is 0.863. The summed E-state index contributed by atoms with van der Waals surface area (Å²) in [5, 5.41) is 22.7. The Morgan fingerprint density at radius 2 is 1.97 bits per heavy atom. The van der Waals surface area contributed by atoms with E-state index in [4.69, 9.17) is 0 Å². The quantitative estimate of drug-likeness (QED) is 0.642. The minimum atomic E-state index is -3.68. The van der Waals surface area contributed by atoms with Crippen molar-refractivity contribution in [3.8, 4) is 5.75 Å². The summed E-state index contributed by atoms with van der Waals surface area (Å²) in [5.41, 5.74) is 1.14. The standard InChI is InChI=1S/C24H28N2O5S/c1-32(30,31)20-8-16-11-24(29)21-9-15-4-5-17(27)10-18(15)23(24,12-19(16)25-22(20)28)6-7-26(21)13-14-2-3-14/h4-5,8,10,14,21,27,29H,2-3,6-7,9,11-13H2,1H3,(H,25,28)/t21?,23-,24-/m1/s1. The first-order valence-corrected chi connectivity index (χ1v) is 13.2. The highest BCUT2D eigenvalue weighted by molar-refractivity contribution is 7.90. The van der Waals surface area contributed by atoms with Crippen LogP contribution in [0.25, 0.3) is 0 Å². The molecule has 4 aliphatic rings. The number of phenols is 1. The van der Waals surface area contributed by atoms with Crippen LogP contribution in [0, 0.1) is 5.92 Å². The molecule has 1 aliphatic heterocycles. The first-order valence-electron chi connectivity index (χ1n) is 11.3. The van der Waals surface area contributed by atoms with Gasteiger partial charge in [-0.2, -0.15) is 0 Å². The van der Waals surface area contributed by atoms with Crippen molar-refractivity contribution in [1.82, 2.24) is 9.88 Å². The van der Waals surface area contributed by atoms with Gasteiger partial charge in [0.2, 0.25) is 0 Å². The summed E-state index contributed by atoms with van der Waals surface area (Å²) in [7, 11) is -3.68. The maximum absolute atomic E-state index is 12.6. The molecule has 6 rings (SSSR count). The van der Waals surface area contributed by atoms with Gasteiger partial charge >= 0.3 is 0 Å². The van der Waals surface area contributed by atoms with Crippen LogP contribution >= 0.6 is 0 Å². The number of nitrogens with zero attached hydrogens (tertiary/aromatic N) is 1. The lowest BCUT2D eigenvalue weighted by atomic mass is 9.49. The lowest BCUT2D eigenvalue weighted by Crippen LogP contribution is -2.74. The Kier molecular flexibility index (Phi) is 4.13. The number of fused-ring (bicyclic) bond motifs is 2. The Bertz CT molecular complexity index is 1300. The molecule has 7 nitrogen and oxygen atoms in total. The maximum atomic E-state index is 12.6. The zero-order valence-electron chi connectivity index (χ0n) is 18.1. The molecule has 2 bridgehead atoms. The van der Waals surface area contributed by atoms with Crippen LogP contribution in [0.1, 0.15) is 41.6 Å². The van der Waals surface area contributed by atoms with Crippen molar-refractivity contribution in [2.45, 2.75) is 60.5 Å². The average molecular weight is 457 g/mol. The number of aliphatic hydroxyl groups is 1. The Balaban J connectivity index is 1.55. The SMILES string of the molecule is CS(=O)(=O)c1cc2c([nH]c1=O)C[C@]13CCN(CC4CC4)C(Cc4ccc(O)cc41)[C@]3(O)C2. The monoisotopic (exact) mass is 456 g/mol. The van der Waals surface area contributed by atoms with E-state index < -0.39 is 26.4 Å². The minimum absolute atomic E-state index is 0.0874. The van der Waals surface area contributed by atoms with Gasteiger partial charge in [0.1, 0.15) is 10.6 Å². The molecular weight excluding hydrogens is 428 g/mol. The number of pyridine rings is 1. The van der Waals surface area contributed by atoms with Crippen molar-refractivity contribution in [2.24, 2.45) is 5.92 Å². The molecule has 3 aliphatic carbocycles. The van der Waals surface area contributed by atoms with Gasteiger partial charge in [-0.1, -0.05) is 6.07 Å². The fourth-order valence-corrected chi connectivity index (χ4v) is 7.38. The number of H-pyrrole nitrogens is 1. The van der Waals surface area contributed by atoms with Crippen molar-refractivity contribution in [1.29, 1.82) is 0 Å². The highest BCUT2D eigenvalue weighted by Gasteiger charge is 2.64. The molecule has 0 radical (unpaired) electrons. The second-order valence-corrected chi connectivity index (χ2v) is 12.3. The predicted molar refractivity (Wildman–Crippen MR) is 119 cm³/mol. The predicted octanol–water partition coefficient (Wildman–Crippen LogP) is 1.29. The number of hydrogen-bond acceptors (Lipinski definition) is 6. The Hall–Kier alpha value is -2.16. The number of piperidine rings is 1. The molecule has 2 aromatic rings.